The van der Waals surface area contributed by atoms with Gasteiger partial charge in [-0.05, 0) is 13.0 Å². The molecule has 0 aromatic rings. The van der Waals surface area contributed by atoms with E-state index in [-0.39, 0.29) is 0 Å². The number of rotatable bonds is 2. The zero-order valence-electron chi connectivity index (χ0n) is 4.59. The van der Waals surface area contributed by atoms with Crippen LogP contribution in [0.15, 0.2) is 17.3 Å². The summed E-state index contributed by atoms with van der Waals surface area (Å²) in [7, 11) is 1.51. The summed E-state index contributed by atoms with van der Waals surface area (Å²) in [6.45, 7) is 1.92. The maximum Gasteiger partial charge on any atom is 0.106 e. The van der Waals surface area contributed by atoms with E-state index in [1.807, 2.05) is 13.0 Å². The fourth-order valence-electron chi connectivity index (χ4n) is 0.182. The van der Waals surface area contributed by atoms with Crippen LogP contribution in [-0.4, -0.2) is 13.3 Å². The Kier molecular flexibility index (Phi) is 4.62. The van der Waals surface area contributed by atoms with Crippen molar-refractivity contribution in [3.8, 4) is 0 Å². The van der Waals surface area contributed by atoms with E-state index in [4.69, 9.17) is 0 Å². The van der Waals surface area contributed by atoms with Crippen molar-refractivity contribution in [3.05, 3.63) is 12.2 Å². The van der Waals surface area contributed by atoms with Crippen LogP contribution in [0.25, 0.3) is 0 Å². The summed E-state index contributed by atoms with van der Waals surface area (Å²) in [4.78, 5) is 4.36. The smallest absolute Gasteiger partial charge is 0.106 e. The third kappa shape index (κ3) is 5.21. The summed E-state index contributed by atoms with van der Waals surface area (Å²) in [6.07, 6.45) is 5.26. The van der Waals surface area contributed by atoms with Crippen molar-refractivity contribution in [2.75, 3.05) is 7.11 Å². The first-order valence-corrected chi connectivity index (χ1v) is 2.09. The third-order valence-corrected chi connectivity index (χ3v) is 0.445. The molecule has 0 atom stereocenters. The van der Waals surface area contributed by atoms with Gasteiger partial charge >= 0.3 is 0 Å². The summed E-state index contributed by atoms with van der Waals surface area (Å²) < 4.78 is 0. The van der Waals surface area contributed by atoms with Gasteiger partial charge in [0.2, 0.25) is 0 Å². The highest BCUT2D eigenvalue weighted by Gasteiger charge is 1.56. The monoisotopic (exact) mass is 99.1 g/mol. The molecule has 0 unspecified atom stereocenters. The fraction of sp³-hybridized carbons (Fsp3) is 0.400. The van der Waals surface area contributed by atoms with Gasteiger partial charge in [-0.15, -0.1) is 0 Å². The summed E-state index contributed by atoms with van der Waals surface area (Å²) in [5, 5.41) is 3.45. The first-order chi connectivity index (χ1) is 3.41. The summed E-state index contributed by atoms with van der Waals surface area (Å²) >= 11 is 0. The van der Waals surface area contributed by atoms with Gasteiger partial charge in [0.15, 0.2) is 0 Å². The van der Waals surface area contributed by atoms with E-state index in [0.717, 1.165) is 0 Å². The molecule has 0 heterocycles. The maximum atomic E-state index is 4.36. The van der Waals surface area contributed by atoms with E-state index in [9.17, 15) is 0 Å². The molecule has 40 valence electrons. The molecule has 0 aromatic carbocycles. The van der Waals surface area contributed by atoms with Crippen LogP contribution in [0.3, 0.4) is 0 Å². The Bertz CT molecular complexity index is 76.1. The number of oxime groups is 1. The first kappa shape index (κ1) is 6.21. The van der Waals surface area contributed by atoms with Crippen molar-refractivity contribution in [2.45, 2.75) is 6.92 Å². The van der Waals surface area contributed by atoms with Gasteiger partial charge in [-0.3, -0.25) is 0 Å². The summed E-state index contributed by atoms with van der Waals surface area (Å²) in [5.74, 6) is 0. The van der Waals surface area contributed by atoms with E-state index in [1.165, 1.54) is 7.11 Å². The Morgan fingerprint density at radius 3 is 2.71 bits per heavy atom. The predicted octanol–water partition coefficient (Wildman–Crippen LogP) is 1.19. The van der Waals surface area contributed by atoms with E-state index in [0.29, 0.717) is 0 Å². The van der Waals surface area contributed by atoms with Gasteiger partial charge in [-0.2, -0.15) is 0 Å². The van der Waals surface area contributed by atoms with Crippen LogP contribution in [0.2, 0.25) is 0 Å². The van der Waals surface area contributed by atoms with Gasteiger partial charge in [0.05, 0.1) is 6.21 Å². The Morgan fingerprint density at radius 1 is 1.57 bits per heavy atom. The second-order valence-electron chi connectivity index (χ2n) is 0.963. The van der Waals surface area contributed by atoms with Crippen molar-refractivity contribution >= 4 is 6.21 Å². The largest absolute Gasteiger partial charge is 0.399 e. The topological polar surface area (TPSA) is 21.6 Å². The molecule has 0 aliphatic carbocycles. The molecule has 0 aliphatic heterocycles. The molecule has 0 N–H and O–H groups in total. The SMILES string of the molecule is C/C=C/C=N\OC. The van der Waals surface area contributed by atoms with E-state index in [1.54, 1.807) is 12.3 Å². The van der Waals surface area contributed by atoms with Crippen molar-refractivity contribution in [1.29, 1.82) is 0 Å². The highest BCUT2D eigenvalue weighted by atomic mass is 16.6. The second kappa shape index (κ2) is 5.21. The average Bonchev–Trinajstić information content (AvgIpc) is 1.69. The normalized spacial score (nSPS) is 11.1. The minimum atomic E-state index is 1.51. The highest BCUT2D eigenvalue weighted by Crippen LogP contribution is 1.65. The minimum absolute atomic E-state index is 1.51. The molecule has 0 saturated heterocycles. The van der Waals surface area contributed by atoms with E-state index in [2.05, 4.69) is 9.99 Å². The maximum absolute atomic E-state index is 4.36. The molecule has 0 aliphatic rings. The Morgan fingerprint density at radius 2 is 2.29 bits per heavy atom. The number of hydrogen-bond acceptors (Lipinski definition) is 2. The quantitative estimate of drug-likeness (QED) is 0.376. The molecule has 0 spiro atoms. The van der Waals surface area contributed by atoms with Gasteiger partial charge < -0.3 is 4.84 Å². The van der Waals surface area contributed by atoms with Crippen LogP contribution in [0.5, 0.6) is 0 Å². The lowest BCUT2D eigenvalue weighted by molar-refractivity contribution is 0.215. The molecule has 0 aromatic heterocycles. The standard InChI is InChI=1S/C5H9NO/c1-3-4-5-6-7-2/h3-5H,1-2H3/b4-3+,6-5-. The van der Waals surface area contributed by atoms with Crippen LogP contribution < -0.4 is 0 Å². The highest BCUT2D eigenvalue weighted by molar-refractivity contribution is 5.70. The molecule has 0 saturated carbocycles. The van der Waals surface area contributed by atoms with Crippen molar-refractivity contribution in [3.63, 3.8) is 0 Å². The summed E-state index contributed by atoms with van der Waals surface area (Å²) in [5.41, 5.74) is 0. The van der Waals surface area contributed by atoms with Crippen LogP contribution >= 0.6 is 0 Å². The molecule has 2 nitrogen and oxygen atoms in total. The van der Waals surface area contributed by atoms with Gasteiger partial charge in [0, 0.05) is 0 Å². The van der Waals surface area contributed by atoms with Gasteiger partial charge in [-0.25, -0.2) is 0 Å². The Labute approximate surface area is 43.5 Å². The van der Waals surface area contributed by atoms with Crippen LogP contribution in [0.4, 0.5) is 0 Å². The zero-order valence-corrected chi connectivity index (χ0v) is 4.59. The van der Waals surface area contributed by atoms with Crippen LogP contribution in [0, 0.1) is 0 Å². The lowest BCUT2D eigenvalue weighted by Crippen LogP contribution is -1.66. The predicted molar refractivity (Wildman–Crippen MR) is 30.3 cm³/mol. The van der Waals surface area contributed by atoms with Crippen molar-refractivity contribution < 1.29 is 4.84 Å². The zero-order chi connectivity index (χ0) is 5.54. The fourth-order valence-corrected chi connectivity index (χ4v) is 0.182. The van der Waals surface area contributed by atoms with Crippen molar-refractivity contribution in [2.24, 2.45) is 5.16 Å². The van der Waals surface area contributed by atoms with Crippen molar-refractivity contribution in [1.82, 2.24) is 0 Å². The molecule has 2 heteroatoms. The van der Waals surface area contributed by atoms with Gasteiger partial charge in [-0.1, -0.05) is 11.2 Å². The molecule has 0 fully saturated rings. The minimum Gasteiger partial charge on any atom is -0.399 e. The molecular weight excluding hydrogens is 90.1 g/mol. The Hall–Kier alpha value is -0.790. The van der Waals surface area contributed by atoms with Crippen LogP contribution in [-0.2, 0) is 4.84 Å². The molecule has 7 heavy (non-hydrogen) atoms. The van der Waals surface area contributed by atoms with E-state index < -0.39 is 0 Å². The molecule has 0 radical (unpaired) electrons. The number of allylic oxidation sites excluding steroid dienone is 2. The molecule has 0 bridgehead atoms. The molecule has 0 rings (SSSR count). The van der Waals surface area contributed by atoms with E-state index >= 15 is 0 Å². The third-order valence-electron chi connectivity index (χ3n) is 0.445. The first-order valence-electron chi connectivity index (χ1n) is 2.09. The summed E-state index contributed by atoms with van der Waals surface area (Å²) in [6, 6.07) is 0. The molecular formula is C5H9NO. The van der Waals surface area contributed by atoms with Gasteiger partial charge in [0.25, 0.3) is 0 Å². The molecule has 0 amide bonds. The lowest BCUT2D eigenvalue weighted by atomic mass is 10.6. The number of nitrogens with zero attached hydrogens (tertiary/aromatic N) is 1. The number of hydrogen-bond donors (Lipinski definition) is 0. The lowest BCUT2D eigenvalue weighted by Gasteiger charge is -1.77. The Balaban J connectivity index is 3.09. The van der Waals surface area contributed by atoms with Gasteiger partial charge in [0.1, 0.15) is 7.11 Å². The van der Waals surface area contributed by atoms with Crippen LogP contribution in [0.1, 0.15) is 6.92 Å². The second-order valence-corrected chi connectivity index (χ2v) is 0.963. The average molecular weight is 99.1 g/mol.